The lowest BCUT2D eigenvalue weighted by atomic mass is 10.5. The Balaban J connectivity index is 2.92. The van der Waals surface area contributed by atoms with Gasteiger partial charge >= 0.3 is 0 Å². The summed E-state index contributed by atoms with van der Waals surface area (Å²) < 4.78 is 1.94. The van der Waals surface area contributed by atoms with Gasteiger partial charge in [0.15, 0.2) is 10.8 Å². The van der Waals surface area contributed by atoms with Crippen molar-refractivity contribution in [3.8, 4) is 0 Å². The molecule has 12 heavy (non-hydrogen) atoms. The Morgan fingerprint density at radius 2 is 2.17 bits per heavy atom. The quantitative estimate of drug-likeness (QED) is 0.622. The molecular weight excluding hydrogens is 174 g/mol. The molecule has 0 aliphatic carbocycles. The fraction of sp³-hybridized carbons (Fsp3) is 0.250. The van der Waals surface area contributed by atoms with Crippen LogP contribution in [0.1, 0.15) is 11.4 Å². The van der Waals surface area contributed by atoms with Crippen LogP contribution in [0.2, 0.25) is 5.15 Å². The minimum Gasteiger partial charge on any atom is -0.300 e. The smallest absolute Gasteiger partial charge is 0.175 e. The van der Waals surface area contributed by atoms with Crippen molar-refractivity contribution in [3.05, 3.63) is 28.9 Å². The molecule has 0 saturated heterocycles. The van der Waals surface area contributed by atoms with E-state index in [1.165, 1.54) is 0 Å². The van der Waals surface area contributed by atoms with E-state index in [1.807, 2.05) is 24.4 Å². The predicted octanol–water partition coefficient (Wildman–Crippen LogP) is 2.00. The van der Waals surface area contributed by atoms with Gasteiger partial charge in [-0.05, 0) is 13.8 Å². The van der Waals surface area contributed by atoms with Crippen molar-refractivity contribution in [2.24, 2.45) is 0 Å². The third kappa shape index (κ3) is 0.975. The normalized spacial score (nSPS) is 10.9. The Morgan fingerprint density at radius 1 is 1.42 bits per heavy atom. The van der Waals surface area contributed by atoms with Gasteiger partial charge in [0.1, 0.15) is 0 Å². The second kappa shape index (κ2) is 2.45. The van der Waals surface area contributed by atoms with Crippen molar-refractivity contribution in [3.63, 3.8) is 0 Å². The van der Waals surface area contributed by atoms with Gasteiger partial charge < -0.3 is 0 Å². The Hall–Kier alpha value is -1.09. The van der Waals surface area contributed by atoms with E-state index in [0.717, 1.165) is 17.0 Å². The molecule has 0 fully saturated rings. The number of aromatic nitrogens is 3. The predicted molar refractivity (Wildman–Crippen MR) is 47.5 cm³/mol. The second-order valence-electron chi connectivity index (χ2n) is 2.77. The van der Waals surface area contributed by atoms with Gasteiger partial charge in [-0.1, -0.05) is 11.6 Å². The Labute approximate surface area is 75.0 Å². The molecule has 0 bridgehead atoms. The molecule has 0 aliphatic rings. The first-order valence-corrected chi connectivity index (χ1v) is 4.03. The van der Waals surface area contributed by atoms with Crippen molar-refractivity contribution in [1.29, 1.82) is 0 Å². The highest BCUT2D eigenvalue weighted by atomic mass is 35.5. The number of nitrogens with zero attached hydrogens (tertiary/aromatic N) is 3. The van der Waals surface area contributed by atoms with E-state index in [9.17, 15) is 0 Å². The highest BCUT2D eigenvalue weighted by Gasteiger charge is 2.04. The number of hydrogen-bond donors (Lipinski definition) is 0. The summed E-state index contributed by atoms with van der Waals surface area (Å²) in [5.41, 5.74) is 2.69. The largest absolute Gasteiger partial charge is 0.300 e. The molecule has 0 aliphatic heterocycles. The number of rotatable bonds is 0. The number of imidazole rings is 1. The first kappa shape index (κ1) is 7.55. The van der Waals surface area contributed by atoms with Gasteiger partial charge in [-0.2, -0.15) is 0 Å². The minimum atomic E-state index is 0.461. The lowest BCUT2D eigenvalue weighted by Crippen LogP contribution is -1.93. The number of fused-ring (bicyclic) bond motifs is 1. The van der Waals surface area contributed by atoms with Crippen LogP contribution in [0.25, 0.3) is 5.65 Å². The van der Waals surface area contributed by atoms with E-state index < -0.39 is 0 Å². The van der Waals surface area contributed by atoms with Gasteiger partial charge in [0.2, 0.25) is 0 Å². The van der Waals surface area contributed by atoms with Gasteiger partial charge in [-0.15, -0.1) is 0 Å². The van der Waals surface area contributed by atoms with Gasteiger partial charge in [0.05, 0.1) is 5.69 Å². The highest BCUT2D eigenvalue weighted by Crippen LogP contribution is 2.14. The first-order valence-electron chi connectivity index (χ1n) is 3.65. The molecule has 2 heterocycles. The summed E-state index contributed by atoms with van der Waals surface area (Å²) in [6.45, 7) is 3.89. The highest BCUT2D eigenvalue weighted by molar-refractivity contribution is 6.32. The Kier molecular flexibility index (Phi) is 1.54. The van der Waals surface area contributed by atoms with Crippen molar-refractivity contribution >= 4 is 17.2 Å². The molecule has 0 amide bonds. The van der Waals surface area contributed by atoms with E-state index in [2.05, 4.69) is 9.97 Å². The summed E-state index contributed by atoms with van der Waals surface area (Å²) in [6.07, 6.45) is 3.70. The molecule has 2 aromatic rings. The van der Waals surface area contributed by atoms with Crippen molar-refractivity contribution in [2.75, 3.05) is 0 Å². The Bertz CT molecular complexity index is 433. The zero-order valence-electron chi connectivity index (χ0n) is 6.87. The first-order chi connectivity index (χ1) is 5.68. The van der Waals surface area contributed by atoms with Gasteiger partial charge in [-0.3, -0.25) is 4.40 Å². The van der Waals surface area contributed by atoms with Crippen molar-refractivity contribution in [1.82, 2.24) is 14.4 Å². The molecule has 0 radical (unpaired) electrons. The molecule has 0 saturated carbocycles. The van der Waals surface area contributed by atoms with E-state index in [4.69, 9.17) is 11.6 Å². The molecule has 0 spiro atoms. The van der Waals surface area contributed by atoms with E-state index >= 15 is 0 Å². The van der Waals surface area contributed by atoms with Crippen LogP contribution in [0.15, 0.2) is 12.4 Å². The molecule has 0 atom stereocenters. The number of hydrogen-bond acceptors (Lipinski definition) is 2. The third-order valence-electron chi connectivity index (χ3n) is 1.76. The summed E-state index contributed by atoms with van der Waals surface area (Å²) in [7, 11) is 0. The SMILES string of the molecule is Cc1cn2c(C)cnc2c(Cl)n1. The summed E-state index contributed by atoms with van der Waals surface area (Å²) >= 11 is 5.88. The van der Waals surface area contributed by atoms with Crippen LogP contribution < -0.4 is 0 Å². The van der Waals surface area contributed by atoms with Crippen LogP contribution >= 0.6 is 11.6 Å². The summed E-state index contributed by atoms with van der Waals surface area (Å²) in [5, 5.41) is 0.461. The molecular formula is C8H8ClN3. The lowest BCUT2D eigenvalue weighted by molar-refractivity contribution is 1.03. The molecule has 2 rings (SSSR count). The van der Waals surface area contributed by atoms with Crippen LogP contribution in [0, 0.1) is 13.8 Å². The van der Waals surface area contributed by atoms with E-state index in [0.29, 0.717) is 5.15 Å². The molecule has 3 nitrogen and oxygen atoms in total. The topological polar surface area (TPSA) is 30.2 Å². The monoisotopic (exact) mass is 181 g/mol. The molecule has 0 unspecified atom stereocenters. The van der Waals surface area contributed by atoms with Crippen LogP contribution in [-0.2, 0) is 0 Å². The Morgan fingerprint density at radius 3 is 2.92 bits per heavy atom. The molecule has 62 valence electrons. The maximum absolute atomic E-state index is 5.88. The molecule has 0 aromatic carbocycles. The van der Waals surface area contributed by atoms with Crippen molar-refractivity contribution in [2.45, 2.75) is 13.8 Å². The van der Waals surface area contributed by atoms with E-state index in [1.54, 1.807) is 6.20 Å². The van der Waals surface area contributed by atoms with E-state index in [-0.39, 0.29) is 0 Å². The second-order valence-corrected chi connectivity index (χ2v) is 3.12. The van der Waals surface area contributed by atoms with Crippen LogP contribution in [-0.4, -0.2) is 14.4 Å². The van der Waals surface area contributed by atoms with Crippen molar-refractivity contribution < 1.29 is 0 Å². The summed E-state index contributed by atoms with van der Waals surface area (Å²) in [6, 6.07) is 0. The lowest BCUT2D eigenvalue weighted by Gasteiger charge is -1.99. The van der Waals surface area contributed by atoms with Gasteiger partial charge in [0.25, 0.3) is 0 Å². The molecule has 4 heteroatoms. The average molecular weight is 182 g/mol. The summed E-state index contributed by atoms with van der Waals surface area (Å²) in [4.78, 5) is 8.22. The van der Waals surface area contributed by atoms with Crippen LogP contribution in [0.4, 0.5) is 0 Å². The molecule has 0 N–H and O–H groups in total. The maximum Gasteiger partial charge on any atom is 0.175 e. The maximum atomic E-state index is 5.88. The third-order valence-corrected chi connectivity index (χ3v) is 2.01. The van der Waals surface area contributed by atoms with Crippen LogP contribution in [0.3, 0.4) is 0 Å². The standard InChI is InChI=1S/C8H8ClN3/c1-5-4-12-6(2)3-10-8(12)7(9)11-5/h3-4H,1-2H3. The zero-order chi connectivity index (χ0) is 8.72. The summed E-state index contributed by atoms with van der Waals surface area (Å²) in [5.74, 6) is 0. The number of halogens is 1. The van der Waals surface area contributed by atoms with Gasteiger partial charge in [0, 0.05) is 18.1 Å². The average Bonchev–Trinajstić information content (AvgIpc) is 2.33. The van der Waals surface area contributed by atoms with Crippen LogP contribution in [0.5, 0.6) is 0 Å². The van der Waals surface area contributed by atoms with Gasteiger partial charge in [-0.25, -0.2) is 9.97 Å². The number of aryl methyl sites for hydroxylation is 2. The zero-order valence-corrected chi connectivity index (χ0v) is 7.63. The fourth-order valence-electron chi connectivity index (χ4n) is 1.18. The fourth-order valence-corrected chi connectivity index (χ4v) is 1.46. The molecule has 2 aromatic heterocycles. The minimum absolute atomic E-state index is 0.461.